The van der Waals surface area contributed by atoms with E-state index in [0.29, 0.717) is 0 Å². The molecule has 1 N–H and O–H groups in total. The molecule has 1 aliphatic carbocycles. The Morgan fingerprint density at radius 1 is 1.45 bits per heavy atom. The second-order valence-corrected chi connectivity index (χ2v) is 2.89. The molecule has 0 heterocycles. The molecule has 0 amide bonds. The Morgan fingerprint density at radius 2 is 2.18 bits per heavy atom. The number of oxime groups is 1. The molecule has 11 heavy (non-hydrogen) atoms. The standard InChI is InChI=1S/C9H15NO/c1-2-5-8-6-3-4-7-9(8)10-11/h5,11H,2-4,6-7H2,1H3. The predicted octanol–water partition coefficient (Wildman–Crippen LogP) is 2.73. The number of nitrogens with zero attached hydrogens (tertiary/aromatic N) is 1. The Labute approximate surface area is 67.6 Å². The van der Waals surface area contributed by atoms with Crippen LogP contribution in [0.5, 0.6) is 0 Å². The summed E-state index contributed by atoms with van der Waals surface area (Å²) in [4.78, 5) is 0. The molecule has 2 heteroatoms. The highest BCUT2D eigenvalue weighted by Gasteiger charge is 2.12. The van der Waals surface area contributed by atoms with Gasteiger partial charge in [-0.15, -0.1) is 0 Å². The van der Waals surface area contributed by atoms with Gasteiger partial charge in [0.1, 0.15) is 0 Å². The van der Waals surface area contributed by atoms with Crippen LogP contribution in [0.15, 0.2) is 16.8 Å². The fourth-order valence-corrected chi connectivity index (χ4v) is 1.49. The van der Waals surface area contributed by atoms with Crippen LogP contribution >= 0.6 is 0 Å². The van der Waals surface area contributed by atoms with Gasteiger partial charge in [0, 0.05) is 0 Å². The van der Waals surface area contributed by atoms with E-state index in [9.17, 15) is 0 Å². The van der Waals surface area contributed by atoms with Crippen molar-refractivity contribution in [3.8, 4) is 0 Å². The fourth-order valence-electron chi connectivity index (χ4n) is 1.49. The van der Waals surface area contributed by atoms with E-state index in [1.807, 2.05) is 0 Å². The molecule has 0 saturated heterocycles. The normalized spacial score (nSPS) is 26.3. The van der Waals surface area contributed by atoms with Gasteiger partial charge in [-0.05, 0) is 37.7 Å². The summed E-state index contributed by atoms with van der Waals surface area (Å²) in [5.74, 6) is 0. The Morgan fingerprint density at radius 3 is 2.82 bits per heavy atom. The average Bonchev–Trinajstić information content (AvgIpc) is 2.06. The monoisotopic (exact) mass is 153 g/mol. The molecule has 0 unspecified atom stereocenters. The van der Waals surface area contributed by atoms with Crippen molar-refractivity contribution in [1.82, 2.24) is 0 Å². The molecule has 62 valence electrons. The van der Waals surface area contributed by atoms with Crippen LogP contribution in [0.25, 0.3) is 0 Å². The lowest BCUT2D eigenvalue weighted by atomic mass is 9.92. The second-order valence-electron chi connectivity index (χ2n) is 2.89. The average molecular weight is 153 g/mol. The lowest BCUT2D eigenvalue weighted by Crippen LogP contribution is -2.08. The predicted molar refractivity (Wildman–Crippen MR) is 46.1 cm³/mol. The fraction of sp³-hybridized carbons (Fsp3) is 0.667. The van der Waals surface area contributed by atoms with Gasteiger partial charge in [0.2, 0.25) is 0 Å². The van der Waals surface area contributed by atoms with Crippen molar-refractivity contribution in [2.45, 2.75) is 39.0 Å². The van der Waals surface area contributed by atoms with E-state index < -0.39 is 0 Å². The molecule has 0 aliphatic heterocycles. The Balaban J connectivity index is 2.67. The van der Waals surface area contributed by atoms with Gasteiger partial charge < -0.3 is 5.21 Å². The third kappa shape index (κ3) is 2.07. The van der Waals surface area contributed by atoms with Crippen LogP contribution in [-0.2, 0) is 0 Å². The number of hydrogen-bond acceptors (Lipinski definition) is 2. The summed E-state index contributed by atoms with van der Waals surface area (Å²) in [5.41, 5.74) is 2.15. The highest BCUT2D eigenvalue weighted by Crippen LogP contribution is 2.20. The first-order valence-electron chi connectivity index (χ1n) is 4.28. The molecule has 2 nitrogen and oxygen atoms in total. The van der Waals surface area contributed by atoms with E-state index in [-0.39, 0.29) is 0 Å². The highest BCUT2D eigenvalue weighted by molar-refractivity contribution is 6.00. The van der Waals surface area contributed by atoms with Crippen molar-refractivity contribution >= 4 is 5.71 Å². The van der Waals surface area contributed by atoms with Gasteiger partial charge in [-0.1, -0.05) is 18.2 Å². The first kappa shape index (κ1) is 8.31. The molecule has 0 aromatic heterocycles. The number of hydrogen-bond donors (Lipinski definition) is 1. The molecule has 0 radical (unpaired) electrons. The molecule has 0 aromatic rings. The van der Waals surface area contributed by atoms with Gasteiger partial charge >= 0.3 is 0 Å². The van der Waals surface area contributed by atoms with Crippen LogP contribution in [0.1, 0.15) is 39.0 Å². The van der Waals surface area contributed by atoms with Crippen molar-refractivity contribution < 1.29 is 5.21 Å². The quantitative estimate of drug-likeness (QED) is 0.456. The van der Waals surface area contributed by atoms with E-state index in [1.165, 1.54) is 18.4 Å². The third-order valence-corrected chi connectivity index (χ3v) is 2.05. The van der Waals surface area contributed by atoms with E-state index in [2.05, 4.69) is 18.2 Å². The van der Waals surface area contributed by atoms with Gasteiger partial charge in [-0.3, -0.25) is 0 Å². The SMILES string of the molecule is CCC=C1CCCCC1=NO. The molecule has 1 saturated carbocycles. The number of rotatable bonds is 1. The summed E-state index contributed by atoms with van der Waals surface area (Å²) in [5, 5.41) is 11.9. The Hall–Kier alpha value is -0.790. The molecule has 0 bridgehead atoms. The molecular formula is C9H15NO. The molecule has 0 aromatic carbocycles. The summed E-state index contributed by atoms with van der Waals surface area (Å²) in [6.07, 6.45) is 7.64. The zero-order valence-electron chi connectivity index (χ0n) is 7.01. The second kappa shape index (κ2) is 4.16. The molecule has 0 spiro atoms. The van der Waals surface area contributed by atoms with Gasteiger partial charge in [0.25, 0.3) is 0 Å². The first-order valence-corrected chi connectivity index (χ1v) is 4.28. The van der Waals surface area contributed by atoms with Gasteiger partial charge in [0.05, 0.1) is 5.71 Å². The van der Waals surface area contributed by atoms with Gasteiger partial charge in [0.15, 0.2) is 0 Å². The maximum Gasteiger partial charge on any atom is 0.0824 e. The zero-order valence-corrected chi connectivity index (χ0v) is 7.01. The maximum atomic E-state index is 8.64. The van der Waals surface area contributed by atoms with Crippen molar-refractivity contribution in [1.29, 1.82) is 0 Å². The largest absolute Gasteiger partial charge is 0.411 e. The summed E-state index contributed by atoms with van der Waals surface area (Å²) >= 11 is 0. The minimum Gasteiger partial charge on any atom is -0.411 e. The minimum atomic E-state index is 0.901. The summed E-state index contributed by atoms with van der Waals surface area (Å²) in [7, 11) is 0. The Bertz CT molecular complexity index is 182. The molecule has 1 rings (SSSR count). The van der Waals surface area contributed by atoms with Crippen molar-refractivity contribution in [2.24, 2.45) is 5.16 Å². The van der Waals surface area contributed by atoms with E-state index in [1.54, 1.807) is 0 Å². The summed E-state index contributed by atoms with van der Waals surface area (Å²) in [6, 6.07) is 0. The van der Waals surface area contributed by atoms with Crippen molar-refractivity contribution in [2.75, 3.05) is 0 Å². The lowest BCUT2D eigenvalue weighted by Gasteiger charge is -2.14. The molecular weight excluding hydrogens is 138 g/mol. The molecule has 1 aliphatic rings. The van der Waals surface area contributed by atoms with Crippen LogP contribution in [0.2, 0.25) is 0 Å². The minimum absolute atomic E-state index is 0.901. The van der Waals surface area contributed by atoms with Crippen LogP contribution in [0.4, 0.5) is 0 Å². The number of allylic oxidation sites excluding steroid dienone is 2. The molecule has 0 atom stereocenters. The third-order valence-electron chi connectivity index (χ3n) is 2.05. The summed E-state index contributed by atoms with van der Waals surface area (Å²) in [6.45, 7) is 2.11. The van der Waals surface area contributed by atoms with E-state index >= 15 is 0 Å². The lowest BCUT2D eigenvalue weighted by molar-refractivity contribution is 0.316. The van der Waals surface area contributed by atoms with Crippen molar-refractivity contribution in [3.63, 3.8) is 0 Å². The van der Waals surface area contributed by atoms with Crippen LogP contribution in [-0.4, -0.2) is 10.9 Å². The Kier molecular flexibility index (Phi) is 3.14. The first-order chi connectivity index (χ1) is 5.38. The highest BCUT2D eigenvalue weighted by atomic mass is 16.4. The van der Waals surface area contributed by atoms with Crippen LogP contribution < -0.4 is 0 Å². The smallest absolute Gasteiger partial charge is 0.0824 e. The van der Waals surface area contributed by atoms with Crippen LogP contribution in [0, 0.1) is 0 Å². The van der Waals surface area contributed by atoms with Crippen LogP contribution in [0.3, 0.4) is 0 Å². The summed E-state index contributed by atoms with van der Waals surface area (Å²) < 4.78 is 0. The maximum absolute atomic E-state index is 8.64. The zero-order chi connectivity index (χ0) is 8.10. The van der Waals surface area contributed by atoms with E-state index in [4.69, 9.17) is 5.21 Å². The molecule has 1 fully saturated rings. The van der Waals surface area contributed by atoms with Gasteiger partial charge in [-0.2, -0.15) is 0 Å². The van der Waals surface area contributed by atoms with E-state index in [0.717, 1.165) is 25.0 Å². The topological polar surface area (TPSA) is 32.6 Å². The van der Waals surface area contributed by atoms with Crippen molar-refractivity contribution in [3.05, 3.63) is 11.6 Å². The van der Waals surface area contributed by atoms with Gasteiger partial charge in [-0.25, -0.2) is 0 Å².